The normalized spacial score (nSPS) is 24.7. The maximum atomic E-state index is 13.7. The molecule has 4 amide bonds. The second-order valence-electron chi connectivity index (χ2n) is 16.1. The van der Waals surface area contributed by atoms with E-state index in [0.717, 1.165) is 41.8 Å². The minimum Gasteiger partial charge on any atom is -0.496 e. The van der Waals surface area contributed by atoms with Gasteiger partial charge in [-0.25, -0.2) is 4.79 Å². The van der Waals surface area contributed by atoms with Gasteiger partial charge in [-0.15, -0.1) is 0 Å². The molecule has 3 saturated carbocycles. The summed E-state index contributed by atoms with van der Waals surface area (Å²) in [6.45, 7) is 12.5. The highest BCUT2D eigenvalue weighted by atomic mass is 16.5. The first kappa shape index (κ1) is 36.5. The van der Waals surface area contributed by atoms with Crippen LogP contribution in [0.4, 0.5) is 10.5 Å². The van der Waals surface area contributed by atoms with Crippen LogP contribution in [0.1, 0.15) is 69.8 Å². The number of amides is 4. The zero-order chi connectivity index (χ0) is 35.8. The lowest BCUT2D eigenvalue weighted by atomic mass is 9.45. The van der Waals surface area contributed by atoms with Crippen molar-refractivity contribution in [2.45, 2.75) is 78.6 Å². The molecule has 2 aromatic carbocycles. The Morgan fingerprint density at radius 2 is 1.84 bits per heavy atom. The van der Waals surface area contributed by atoms with Gasteiger partial charge in [0.2, 0.25) is 5.91 Å². The van der Waals surface area contributed by atoms with E-state index in [1.54, 1.807) is 12.0 Å². The van der Waals surface area contributed by atoms with Gasteiger partial charge >= 0.3 is 6.03 Å². The number of ether oxygens (including phenoxy) is 1. The van der Waals surface area contributed by atoms with Crippen LogP contribution in [0.15, 0.2) is 36.4 Å². The average molecular weight is 675 g/mol. The van der Waals surface area contributed by atoms with Crippen LogP contribution in [-0.2, 0) is 11.3 Å². The first-order chi connectivity index (χ1) is 23.1. The number of nitrogens with one attached hydrogen (secondary N) is 3. The quantitative estimate of drug-likeness (QED) is 0.269. The second-order valence-corrected chi connectivity index (χ2v) is 16.1. The van der Waals surface area contributed by atoms with Crippen molar-refractivity contribution in [2.24, 2.45) is 29.1 Å². The minimum absolute atomic E-state index is 0.0161. The zero-order valence-corrected chi connectivity index (χ0v) is 31.2. The minimum atomic E-state index is -0.618. The molecule has 0 unspecified atom stereocenters. The van der Waals surface area contributed by atoms with Crippen molar-refractivity contribution in [3.05, 3.63) is 47.5 Å². The van der Waals surface area contributed by atoms with Gasteiger partial charge in [-0.1, -0.05) is 52.8 Å². The van der Waals surface area contributed by atoms with Crippen LogP contribution in [0.25, 0.3) is 11.1 Å². The summed E-state index contributed by atoms with van der Waals surface area (Å²) in [5, 5.41) is 9.49. The first-order valence-electron chi connectivity index (χ1n) is 17.9. The highest BCUT2D eigenvalue weighted by molar-refractivity contribution is 5.97. The van der Waals surface area contributed by atoms with Crippen molar-refractivity contribution in [1.29, 1.82) is 0 Å². The number of urea groups is 1. The summed E-state index contributed by atoms with van der Waals surface area (Å²) in [5.41, 5.74) is 4.21. The van der Waals surface area contributed by atoms with Gasteiger partial charge in [0, 0.05) is 61.6 Å². The van der Waals surface area contributed by atoms with E-state index in [0.29, 0.717) is 40.4 Å². The van der Waals surface area contributed by atoms with Crippen LogP contribution in [0.3, 0.4) is 0 Å². The Labute approximate surface area is 293 Å². The number of anilines is 1. The summed E-state index contributed by atoms with van der Waals surface area (Å²) in [4.78, 5) is 46.3. The molecule has 1 aliphatic heterocycles. The summed E-state index contributed by atoms with van der Waals surface area (Å²) < 4.78 is 6.02. The maximum Gasteiger partial charge on any atom is 0.318 e. The van der Waals surface area contributed by atoms with Crippen LogP contribution in [0.2, 0.25) is 0 Å². The molecule has 2 bridgehead atoms. The van der Waals surface area contributed by atoms with E-state index in [-0.39, 0.29) is 43.0 Å². The molecule has 0 aromatic heterocycles. The van der Waals surface area contributed by atoms with Gasteiger partial charge in [0.15, 0.2) is 0 Å². The molecule has 1 saturated heterocycles. The van der Waals surface area contributed by atoms with Crippen molar-refractivity contribution in [2.75, 3.05) is 53.3 Å². The third kappa shape index (κ3) is 7.69. The third-order valence-electron chi connectivity index (χ3n) is 11.4. The molecular weight excluding hydrogens is 616 g/mol. The standard InChI is InChI=1S/C39H58N6O4/c1-23(2)14-29(22-43(6)7)41-36(46)27-15-26(16-30(17-27)44(8)9)31-13-11-12-25(35(31)49-10)21-45-34(20-40-38(45)48)37(47)42-33-19-28-18-32(24(33)3)39(28,4)5/h11-13,15-17,23-24,28-29,32-34H,14,18-22H2,1-10H3,(H,40,48)(H,41,46)(H,42,47)/t24-,28+,29-,32-,33-,34-/m0/s1. The van der Waals surface area contributed by atoms with Crippen LogP contribution < -0.4 is 25.6 Å². The SMILES string of the molecule is COc1c(CN2C(=O)NC[C@H]2C(=O)N[C@H]2C[C@H]3C[C@@H]([C@@H]2C)C3(C)C)cccc1-c1cc(C(=O)N[C@@H](CC(C)C)CN(C)C)cc(N(C)C)c1. The summed E-state index contributed by atoms with van der Waals surface area (Å²) in [6.07, 6.45) is 3.10. The second kappa shape index (κ2) is 14.6. The van der Waals surface area contributed by atoms with Crippen LogP contribution in [0, 0.1) is 29.1 Å². The van der Waals surface area contributed by atoms with Crippen molar-refractivity contribution >= 4 is 23.5 Å². The number of para-hydroxylation sites is 1. The van der Waals surface area contributed by atoms with Crippen LogP contribution in [0.5, 0.6) is 5.75 Å². The zero-order valence-electron chi connectivity index (χ0n) is 31.2. The molecule has 0 radical (unpaired) electrons. The third-order valence-corrected chi connectivity index (χ3v) is 11.4. The van der Waals surface area contributed by atoms with E-state index in [4.69, 9.17) is 4.74 Å². The van der Waals surface area contributed by atoms with Crippen molar-refractivity contribution in [1.82, 2.24) is 25.8 Å². The molecule has 0 spiro atoms. The molecule has 2 aromatic rings. The number of carbonyl (C=O) groups is 3. The summed E-state index contributed by atoms with van der Waals surface area (Å²) in [6, 6.07) is 10.9. The number of fused-ring (bicyclic) bond motifs is 2. The molecule has 10 nitrogen and oxygen atoms in total. The fourth-order valence-electron chi connectivity index (χ4n) is 8.55. The monoisotopic (exact) mass is 674 g/mol. The number of nitrogens with zero attached hydrogens (tertiary/aromatic N) is 3. The molecular formula is C39H58N6O4. The number of likely N-dealkylation sites (N-methyl/N-ethyl adjacent to an activating group) is 1. The number of benzene rings is 2. The molecule has 6 atom stereocenters. The Balaban J connectivity index is 1.39. The number of methoxy groups -OCH3 is 1. The number of carbonyl (C=O) groups excluding carboxylic acids is 3. The maximum absolute atomic E-state index is 13.7. The lowest BCUT2D eigenvalue weighted by Gasteiger charge is -2.62. The fraction of sp³-hybridized carbons (Fsp3) is 0.615. The molecule has 4 fully saturated rings. The van der Waals surface area contributed by atoms with Gasteiger partial charge in [-0.3, -0.25) is 9.59 Å². The largest absolute Gasteiger partial charge is 0.496 e. The summed E-state index contributed by atoms with van der Waals surface area (Å²) in [5.74, 6) is 2.46. The van der Waals surface area contributed by atoms with Gasteiger partial charge < -0.3 is 35.4 Å². The molecule has 3 aliphatic carbocycles. The van der Waals surface area contributed by atoms with Gasteiger partial charge in [0.05, 0.1) is 13.7 Å². The summed E-state index contributed by atoms with van der Waals surface area (Å²) >= 11 is 0. The van der Waals surface area contributed by atoms with Crippen LogP contribution >= 0.6 is 0 Å². The first-order valence-corrected chi connectivity index (χ1v) is 17.9. The predicted octanol–water partition coefficient (Wildman–Crippen LogP) is 5.22. The molecule has 268 valence electrons. The molecule has 6 rings (SSSR count). The smallest absolute Gasteiger partial charge is 0.318 e. The lowest BCUT2D eigenvalue weighted by molar-refractivity contribution is -0.136. The van der Waals surface area contributed by atoms with E-state index in [2.05, 4.69) is 55.5 Å². The molecule has 4 aliphatic rings. The molecule has 10 heteroatoms. The Morgan fingerprint density at radius 3 is 2.45 bits per heavy atom. The van der Waals surface area contributed by atoms with Crippen LogP contribution in [-0.4, -0.2) is 94.2 Å². The molecule has 1 heterocycles. The average Bonchev–Trinajstić information content (AvgIpc) is 3.40. The molecule has 3 N–H and O–H groups in total. The van der Waals surface area contributed by atoms with E-state index >= 15 is 0 Å². The molecule has 49 heavy (non-hydrogen) atoms. The van der Waals surface area contributed by atoms with Gasteiger partial charge in [0.25, 0.3) is 5.91 Å². The van der Waals surface area contributed by atoms with Crippen molar-refractivity contribution < 1.29 is 19.1 Å². The Bertz CT molecular complexity index is 1530. The Hall–Kier alpha value is -3.79. The van der Waals surface area contributed by atoms with Gasteiger partial charge in [-0.2, -0.15) is 0 Å². The van der Waals surface area contributed by atoms with Gasteiger partial charge in [-0.05, 0) is 86.2 Å². The van der Waals surface area contributed by atoms with Crippen molar-refractivity contribution in [3.8, 4) is 16.9 Å². The Morgan fingerprint density at radius 1 is 1.10 bits per heavy atom. The lowest BCUT2D eigenvalue weighted by Crippen LogP contribution is -2.62. The summed E-state index contributed by atoms with van der Waals surface area (Å²) in [7, 11) is 9.57. The predicted molar refractivity (Wildman–Crippen MR) is 196 cm³/mol. The number of hydrogen-bond donors (Lipinski definition) is 3. The number of rotatable bonds is 13. The van der Waals surface area contributed by atoms with E-state index < -0.39 is 6.04 Å². The highest BCUT2D eigenvalue weighted by Crippen LogP contribution is 2.61. The number of hydrogen-bond acceptors (Lipinski definition) is 6. The van der Waals surface area contributed by atoms with E-state index in [1.165, 1.54) is 6.42 Å². The fourth-order valence-corrected chi connectivity index (χ4v) is 8.55. The van der Waals surface area contributed by atoms with Gasteiger partial charge in [0.1, 0.15) is 11.8 Å². The van der Waals surface area contributed by atoms with E-state index in [1.807, 2.05) is 69.5 Å². The van der Waals surface area contributed by atoms with E-state index in [9.17, 15) is 14.4 Å². The Kier molecular flexibility index (Phi) is 10.9. The highest BCUT2D eigenvalue weighted by Gasteiger charge is 2.56. The topological polar surface area (TPSA) is 106 Å². The van der Waals surface area contributed by atoms with Crippen molar-refractivity contribution in [3.63, 3.8) is 0 Å².